The van der Waals surface area contributed by atoms with Crippen LogP contribution in [0.25, 0.3) is 20.1 Å². The average Bonchev–Trinajstić information content (AvgIpc) is 3.38. The highest BCUT2D eigenvalue weighted by Gasteiger charge is 2.21. The van der Waals surface area contributed by atoms with E-state index in [0.717, 1.165) is 20.1 Å². The number of aromatic nitrogens is 2. The Morgan fingerprint density at radius 1 is 0.966 bits per heavy atom. The molecule has 29 heavy (non-hydrogen) atoms. The maximum absolute atomic E-state index is 12.8. The van der Waals surface area contributed by atoms with Gasteiger partial charge in [-0.05, 0) is 30.3 Å². The van der Waals surface area contributed by atoms with Crippen molar-refractivity contribution in [2.45, 2.75) is 0 Å². The maximum Gasteiger partial charge on any atom is 0.260 e. The molecule has 0 aliphatic heterocycles. The van der Waals surface area contributed by atoms with Crippen molar-refractivity contribution in [1.82, 2.24) is 9.97 Å². The highest BCUT2D eigenvalue weighted by Crippen LogP contribution is 2.41. The van der Waals surface area contributed by atoms with Crippen molar-refractivity contribution in [2.75, 3.05) is 26.6 Å². The number of carbonyl (C=O) groups is 1. The van der Waals surface area contributed by atoms with Gasteiger partial charge in [0.1, 0.15) is 10.5 Å². The van der Waals surface area contributed by atoms with E-state index in [0.29, 0.717) is 27.8 Å². The topological polar surface area (TPSA) is 82.6 Å². The molecule has 0 fully saturated rings. The van der Waals surface area contributed by atoms with Gasteiger partial charge in [0.25, 0.3) is 5.91 Å². The van der Waals surface area contributed by atoms with Crippen LogP contribution in [0.15, 0.2) is 42.7 Å². The van der Waals surface area contributed by atoms with Crippen LogP contribution in [0, 0.1) is 0 Å². The number of ether oxygens (including phenoxy) is 3. The third-order valence-electron chi connectivity index (χ3n) is 4.19. The minimum absolute atomic E-state index is 0.301. The average molecular weight is 428 g/mol. The third kappa shape index (κ3) is 3.62. The molecular formula is C20H17N3O4S2. The monoisotopic (exact) mass is 427 g/mol. The number of nitrogens with one attached hydrogen (secondary N) is 1. The summed E-state index contributed by atoms with van der Waals surface area (Å²) in [7, 11) is 4.52. The van der Waals surface area contributed by atoms with E-state index in [2.05, 4.69) is 15.3 Å². The first-order valence-electron chi connectivity index (χ1n) is 8.55. The van der Waals surface area contributed by atoms with Crippen molar-refractivity contribution in [1.29, 1.82) is 0 Å². The van der Waals surface area contributed by atoms with E-state index in [1.54, 1.807) is 35.9 Å². The summed E-state index contributed by atoms with van der Waals surface area (Å²) in [4.78, 5) is 22.5. The lowest BCUT2D eigenvalue weighted by Gasteiger charge is -2.15. The Kier molecular flexibility index (Phi) is 5.32. The van der Waals surface area contributed by atoms with Gasteiger partial charge in [-0.3, -0.25) is 9.78 Å². The van der Waals surface area contributed by atoms with Crippen LogP contribution in [0.4, 0.5) is 5.00 Å². The van der Waals surface area contributed by atoms with Gasteiger partial charge in [0.15, 0.2) is 11.5 Å². The number of pyridine rings is 1. The molecule has 1 amide bonds. The highest BCUT2D eigenvalue weighted by atomic mass is 32.1. The molecular weight excluding hydrogens is 410 g/mol. The number of thiazole rings is 1. The quantitative estimate of drug-likeness (QED) is 0.480. The number of benzene rings is 1. The Labute approximate surface area is 174 Å². The normalized spacial score (nSPS) is 10.7. The maximum atomic E-state index is 12.8. The van der Waals surface area contributed by atoms with Crippen molar-refractivity contribution < 1.29 is 19.0 Å². The number of fused-ring (bicyclic) bond motifs is 1. The molecule has 0 aliphatic carbocycles. The van der Waals surface area contributed by atoms with Gasteiger partial charge in [-0.2, -0.15) is 0 Å². The number of hydrogen-bond donors (Lipinski definition) is 1. The number of rotatable bonds is 6. The minimum Gasteiger partial charge on any atom is -0.493 e. The summed E-state index contributed by atoms with van der Waals surface area (Å²) in [5, 5.41) is 4.51. The SMILES string of the molecule is COc1ccc(C(=O)Nc2ccc(-c3nc4cnccc4s3)s2)c(OC)c1OC. The van der Waals surface area contributed by atoms with Crippen molar-refractivity contribution in [3.63, 3.8) is 0 Å². The zero-order chi connectivity index (χ0) is 20.4. The fourth-order valence-electron chi connectivity index (χ4n) is 2.86. The highest BCUT2D eigenvalue weighted by molar-refractivity contribution is 7.26. The van der Waals surface area contributed by atoms with Crippen molar-refractivity contribution >= 4 is 43.8 Å². The second kappa shape index (κ2) is 8.06. The molecule has 0 atom stereocenters. The summed E-state index contributed by atoms with van der Waals surface area (Å²) in [6.07, 6.45) is 3.50. The first kappa shape index (κ1) is 19.2. The van der Waals surface area contributed by atoms with Crippen LogP contribution in [-0.2, 0) is 0 Å². The van der Waals surface area contributed by atoms with E-state index in [-0.39, 0.29) is 5.91 Å². The van der Waals surface area contributed by atoms with Gasteiger partial charge in [0.2, 0.25) is 5.75 Å². The molecule has 0 unspecified atom stereocenters. The Balaban J connectivity index is 1.60. The Morgan fingerprint density at radius 3 is 2.52 bits per heavy atom. The van der Waals surface area contributed by atoms with E-state index < -0.39 is 0 Å². The molecule has 0 spiro atoms. The number of methoxy groups -OCH3 is 3. The Hall–Kier alpha value is -3.17. The Morgan fingerprint density at radius 2 is 1.79 bits per heavy atom. The standard InChI is InChI=1S/C20H17N3O4S2/c1-25-13-5-4-11(17(26-2)18(13)27-3)19(24)23-16-7-6-15(28-16)20-22-12-10-21-9-8-14(12)29-20/h4-10H,1-3H3,(H,23,24). The van der Waals surface area contributed by atoms with Crippen LogP contribution in [0.3, 0.4) is 0 Å². The number of anilines is 1. The van der Waals surface area contributed by atoms with E-state index >= 15 is 0 Å². The van der Waals surface area contributed by atoms with Crippen molar-refractivity contribution in [3.05, 3.63) is 48.3 Å². The summed E-state index contributed by atoms with van der Waals surface area (Å²) in [6, 6.07) is 9.05. The lowest BCUT2D eigenvalue weighted by molar-refractivity contribution is 0.102. The van der Waals surface area contributed by atoms with E-state index in [4.69, 9.17) is 14.2 Å². The van der Waals surface area contributed by atoms with E-state index in [1.165, 1.54) is 32.7 Å². The largest absolute Gasteiger partial charge is 0.493 e. The predicted molar refractivity (Wildman–Crippen MR) is 115 cm³/mol. The first-order chi connectivity index (χ1) is 14.1. The number of carbonyl (C=O) groups excluding carboxylic acids is 1. The van der Waals surface area contributed by atoms with Gasteiger partial charge < -0.3 is 19.5 Å². The molecule has 1 N–H and O–H groups in total. The fourth-order valence-corrected chi connectivity index (χ4v) is 4.75. The van der Waals surface area contributed by atoms with Gasteiger partial charge in [0, 0.05) is 6.20 Å². The molecule has 4 aromatic rings. The number of thiophene rings is 1. The van der Waals surface area contributed by atoms with Gasteiger partial charge in [-0.15, -0.1) is 22.7 Å². The summed E-state index contributed by atoms with van der Waals surface area (Å²) in [5.74, 6) is 0.881. The summed E-state index contributed by atoms with van der Waals surface area (Å²) >= 11 is 3.04. The molecule has 3 heterocycles. The van der Waals surface area contributed by atoms with E-state index in [1.807, 2.05) is 18.2 Å². The number of nitrogens with zero attached hydrogens (tertiary/aromatic N) is 2. The molecule has 0 aliphatic rings. The predicted octanol–water partition coefficient (Wildman–Crippen LogP) is 4.70. The van der Waals surface area contributed by atoms with E-state index in [9.17, 15) is 4.79 Å². The van der Waals surface area contributed by atoms with Gasteiger partial charge in [0.05, 0.1) is 47.7 Å². The smallest absolute Gasteiger partial charge is 0.260 e. The minimum atomic E-state index is -0.301. The van der Waals surface area contributed by atoms with Gasteiger partial charge in [-0.25, -0.2) is 4.98 Å². The number of hydrogen-bond acceptors (Lipinski definition) is 8. The summed E-state index contributed by atoms with van der Waals surface area (Å²) < 4.78 is 17.1. The first-order valence-corrected chi connectivity index (χ1v) is 10.2. The van der Waals surface area contributed by atoms with Gasteiger partial charge >= 0.3 is 0 Å². The van der Waals surface area contributed by atoms with Gasteiger partial charge in [-0.1, -0.05) is 0 Å². The fraction of sp³-hybridized carbons (Fsp3) is 0.150. The molecule has 1 aromatic carbocycles. The van der Waals surface area contributed by atoms with Crippen LogP contribution in [0.1, 0.15) is 10.4 Å². The molecule has 9 heteroatoms. The van der Waals surface area contributed by atoms with Crippen LogP contribution < -0.4 is 19.5 Å². The molecule has 0 radical (unpaired) electrons. The zero-order valence-electron chi connectivity index (χ0n) is 15.9. The van der Waals surface area contributed by atoms with Crippen LogP contribution in [0.5, 0.6) is 17.2 Å². The Bertz CT molecular complexity index is 1150. The molecule has 3 aromatic heterocycles. The molecule has 0 bridgehead atoms. The summed E-state index contributed by atoms with van der Waals surface area (Å²) in [6.45, 7) is 0. The second-order valence-electron chi connectivity index (χ2n) is 5.86. The third-order valence-corrected chi connectivity index (χ3v) is 6.40. The lowest BCUT2D eigenvalue weighted by Crippen LogP contribution is -2.13. The molecule has 0 saturated carbocycles. The zero-order valence-corrected chi connectivity index (χ0v) is 17.5. The molecule has 7 nitrogen and oxygen atoms in total. The van der Waals surface area contributed by atoms with Crippen molar-refractivity contribution in [3.8, 4) is 27.1 Å². The summed E-state index contributed by atoms with van der Waals surface area (Å²) in [5.41, 5.74) is 1.22. The van der Waals surface area contributed by atoms with Crippen molar-refractivity contribution in [2.24, 2.45) is 0 Å². The van der Waals surface area contributed by atoms with Crippen LogP contribution >= 0.6 is 22.7 Å². The molecule has 0 saturated heterocycles. The molecule has 148 valence electrons. The van der Waals surface area contributed by atoms with Crippen LogP contribution in [-0.4, -0.2) is 37.2 Å². The number of amides is 1. The molecule has 4 rings (SSSR count). The van der Waals surface area contributed by atoms with Crippen LogP contribution in [0.2, 0.25) is 0 Å². The lowest BCUT2D eigenvalue weighted by atomic mass is 10.1. The second-order valence-corrected chi connectivity index (χ2v) is 7.98.